The summed E-state index contributed by atoms with van der Waals surface area (Å²) < 4.78 is 43.1. The zero-order valence-electron chi connectivity index (χ0n) is 15.7. The number of amidine groups is 1. The van der Waals surface area contributed by atoms with Crippen LogP contribution < -0.4 is 16.0 Å². The highest BCUT2D eigenvalue weighted by molar-refractivity contribution is 5.99. The van der Waals surface area contributed by atoms with Gasteiger partial charge in [0.25, 0.3) is 6.02 Å². The van der Waals surface area contributed by atoms with Gasteiger partial charge >= 0.3 is 12.2 Å². The lowest BCUT2D eigenvalue weighted by molar-refractivity contribution is -0.137. The Morgan fingerprint density at radius 1 is 1.10 bits per heavy atom. The van der Waals surface area contributed by atoms with Gasteiger partial charge in [-0.2, -0.15) is 13.2 Å². The lowest BCUT2D eigenvalue weighted by Gasteiger charge is -2.11. The van der Waals surface area contributed by atoms with E-state index < -0.39 is 17.8 Å². The van der Waals surface area contributed by atoms with Crippen LogP contribution in [0.5, 0.6) is 0 Å². The third-order valence-electron chi connectivity index (χ3n) is 4.42. The molecule has 1 aliphatic heterocycles. The van der Waals surface area contributed by atoms with Crippen molar-refractivity contribution in [1.29, 1.82) is 0 Å². The van der Waals surface area contributed by atoms with Gasteiger partial charge in [-0.05, 0) is 54.8 Å². The summed E-state index contributed by atoms with van der Waals surface area (Å²) in [5.41, 5.74) is 1.20. The van der Waals surface area contributed by atoms with E-state index in [0.717, 1.165) is 30.5 Å². The number of nitrogens with one attached hydrogen (secondary N) is 3. The lowest BCUT2D eigenvalue weighted by atomic mass is 10.1. The van der Waals surface area contributed by atoms with Crippen molar-refractivity contribution in [3.05, 3.63) is 59.7 Å². The van der Waals surface area contributed by atoms with Crippen molar-refractivity contribution in [3.63, 3.8) is 0 Å². The monoisotopic (exact) mass is 406 g/mol. The fourth-order valence-electron chi connectivity index (χ4n) is 2.85. The van der Waals surface area contributed by atoms with Crippen molar-refractivity contribution in [2.45, 2.75) is 25.1 Å². The summed E-state index contributed by atoms with van der Waals surface area (Å²) in [5.74, 6) is 0. The van der Waals surface area contributed by atoms with E-state index in [9.17, 15) is 18.0 Å². The van der Waals surface area contributed by atoms with E-state index in [1.165, 1.54) is 12.1 Å². The van der Waals surface area contributed by atoms with Gasteiger partial charge < -0.3 is 20.7 Å². The number of carbonyl (C=O) groups is 1. The minimum Gasteiger partial charge on any atom is -0.463 e. The van der Waals surface area contributed by atoms with Crippen LogP contribution >= 0.6 is 0 Å². The van der Waals surface area contributed by atoms with E-state index in [1.807, 2.05) is 12.1 Å². The predicted octanol–water partition coefficient (Wildman–Crippen LogP) is 4.26. The Hall–Kier alpha value is -3.23. The standard InChI is InChI=1S/C20H21F3N4O2/c1-24-19-27-17(12-29-19)9-4-13-2-7-15(8-3-13)25-18(28)26-16-10-5-14(6-11-16)20(21,22)23/h2-3,5-8,10-11,17H,4,9,12H2,1H3,(H,24,27)(H2,25,26,28). The number of hydrogen-bond acceptors (Lipinski definition) is 3. The fourth-order valence-corrected chi connectivity index (χ4v) is 2.85. The number of ether oxygens (including phenoxy) is 1. The zero-order chi connectivity index (χ0) is 20.9. The maximum Gasteiger partial charge on any atom is 0.416 e. The first-order valence-electron chi connectivity index (χ1n) is 9.04. The fraction of sp³-hybridized carbons (Fsp3) is 0.300. The van der Waals surface area contributed by atoms with Gasteiger partial charge in [0, 0.05) is 18.4 Å². The minimum atomic E-state index is -4.41. The van der Waals surface area contributed by atoms with Crippen molar-refractivity contribution in [2.75, 3.05) is 24.3 Å². The second-order valence-corrected chi connectivity index (χ2v) is 6.57. The summed E-state index contributed by atoms with van der Waals surface area (Å²) in [4.78, 5) is 16.0. The molecule has 0 bridgehead atoms. The summed E-state index contributed by atoms with van der Waals surface area (Å²) in [6.07, 6.45) is -2.68. The smallest absolute Gasteiger partial charge is 0.416 e. The Morgan fingerprint density at radius 3 is 2.21 bits per heavy atom. The number of anilines is 2. The summed E-state index contributed by atoms with van der Waals surface area (Å²) in [6.45, 7) is 0.594. The average Bonchev–Trinajstić information content (AvgIpc) is 3.15. The molecule has 1 aliphatic rings. The van der Waals surface area contributed by atoms with Crippen molar-refractivity contribution >= 4 is 23.4 Å². The van der Waals surface area contributed by atoms with Crippen LogP contribution in [0.1, 0.15) is 17.5 Å². The molecular formula is C20H21F3N4O2. The molecule has 0 aromatic heterocycles. The summed E-state index contributed by atoms with van der Waals surface area (Å²) in [6, 6.07) is 11.9. The summed E-state index contributed by atoms with van der Waals surface area (Å²) in [7, 11) is 1.67. The minimum absolute atomic E-state index is 0.223. The van der Waals surface area contributed by atoms with Crippen molar-refractivity contribution in [2.24, 2.45) is 4.99 Å². The number of hydrogen-bond donors (Lipinski definition) is 3. The SMILES string of the molecule is CN=C1NC(CCc2ccc(NC(=O)Nc3ccc(C(F)(F)F)cc3)cc2)CO1. The second-order valence-electron chi connectivity index (χ2n) is 6.57. The number of rotatable bonds is 5. The number of nitrogens with zero attached hydrogens (tertiary/aromatic N) is 1. The number of aryl methyl sites for hydroxylation is 1. The van der Waals surface area contributed by atoms with E-state index >= 15 is 0 Å². The zero-order valence-corrected chi connectivity index (χ0v) is 15.7. The van der Waals surface area contributed by atoms with Gasteiger partial charge in [0.2, 0.25) is 0 Å². The number of halogens is 3. The van der Waals surface area contributed by atoms with E-state index in [2.05, 4.69) is 20.9 Å². The van der Waals surface area contributed by atoms with E-state index in [-0.39, 0.29) is 11.7 Å². The van der Waals surface area contributed by atoms with Crippen LogP contribution in [-0.4, -0.2) is 31.7 Å². The number of carbonyl (C=O) groups excluding carboxylic acids is 1. The number of urea groups is 1. The first kappa shape index (κ1) is 20.5. The topological polar surface area (TPSA) is 74.8 Å². The maximum absolute atomic E-state index is 12.6. The predicted molar refractivity (Wildman–Crippen MR) is 105 cm³/mol. The van der Waals surface area contributed by atoms with Crippen LogP contribution in [0, 0.1) is 0 Å². The third kappa shape index (κ3) is 5.87. The molecule has 1 saturated heterocycles. The largest absolute Gasteiger partial charge is 0.463 e. The quantitative estimate of drug-likeness (QED) is 0.695. The Kier molecular flexibility index (Phi) is 6.26. The first-order chi connectivity index (χ1) is 13.8. The van der Waals surface area contributed by atoms with Gasteiger partial charge in [0.15, 0.2) is 0 Å². The van der Waals surface area contributed by atoms with E-state index in [0.29, 0.717) is 18.3 Å². The van der Waals surface area contributed by atoms with Crippen LogP contribution in [0.25, 0.3) is 0 Å². The number of benzene rings is 2. The number of aliphatic imine (C=N–C) groups is 1. The molecule has 0 spiro atoms. The molecule has 2 aromatic carbocycles. The molecule has 3 rings (SSSR count). The van der Waals surface area contributed by atoms with E-state index in [4.69, 9.17) is 4.74 Å². The Bertz CT molecular complexity index is 865. The average molecular weight is 406 g/mol. The Morgan fingerprint density at radius 2 is 1.69 bits per heavy atom. The molecule has 0 aliphatic carbocycles. The van der Waals surface area contributed by atoms with Crippen LogP contribution in [0.3, 0.4) is 0 Å². The Balaban J connectivity index is 1.47. The molecule has 1 fully saturated rings. The summed E-state index contributed by atoms with van der Waals surface area (Å²) >= 11 is 0. The van der Waals surface area contributed by atoms with Gasteiger partial charge in [-0.3, -0.25) is 0 Å². The number of amides is 2. The molecule has 9 heteroatoms. The molecule has 6 nitrogen and oxygen atoms in total. The highest BCUT2D eigenvalue weighted by atomic mass is 19.4. The lowest BCUT2D eigenvalue weighted by Crippen LogP contribution is -2.27. The molecule has 0 radical (unpaired) electrons. The Labute approximate surface area is 166 Å². The molecule has 2 amide bonds. The van der Waals surface area contributed by atoms with Gasteiger partial charge in [0.05, 0.1) is 11.6 Å². The van der Waals surface area contributed by atoms with Crippen molar-refractivity contribution < 1.29 is 22.7 Å². The molecule has 2 aromatic rings. The molecule has 3 N–H and O–H groups in total. The van der Waals surface area contributed by atoms with Gasteiger partial charge in [0.1, 0.15) is 6.61 Å². The second kappa shape index (κ2) is 8.85. The van der Waals surface area contributed by atoms with Gasteiger partial charge in [-0.1, -0.05) is 12.1 Å². The van der Waals surface area contributed by atoms with Crippen LogP contribution in [0.2, 0.25) is 0 Å². The molecule has 154 valence electrons. The molecule has 1 heterocycles. The maximum atomic E-state index is 12.6. The van der Waals surface area contributed by atoms with E-state index in [1.54, 1.807) is 19.2 Å². The molecule has 0 saturated carbocycles. The van der Waals surface area contributed by atoms with Gasteiger partial charge in [-0.15, -0.1) is 0 Å². The van der Waals surface area contributed by atoms with Crippen LogP contribution in [-0.2, 0) is 17.3 Å². The number of alkyl halides is 3. The normalized spacial score (nSPS) is 17.5. The van der Waals surface area contributed by atoms with Crippen LogP contribution in [0.15, 0.2) is 53.5 Å². The van der Waals surface area contributed by atoms with Crippen LogP contribution in [0.4, 0.5) is 29.3 Å². The molecule has 1 unspecified atom stereocenters. The van der Waals surface area contributed by atoms with Gasteiger partial charge in [-0.25, -0.2) is 9.79 Å². The highest BCUT2D eigenvalue weighted by Crippen LogP contribution is 2.29. The third-order valence-corrected chi connectivity index (χ3v) is 4.42. The molecule has 29 heavy (non-hydrogen) atoms. The van der Waals surface area contributed by atoms with Crippen molar-refractivity contribution in [1.82, 2.24) is 5.32 Å². The molecule has 1 atom stereocenters. The highest BCUT2D eigenvalue weighted by Gasteiger charge is 2.30. The summed E-state index contributed by atoms with van der Waals surface area (Å²) in [5, 5.41) is 8.34. The first-order valence-corrected chi connectivity index (χ1v) is 9.04. The van der Waals surface area contributed by atoms with Crippen molar-refractivity contribution in [3.8, 4) is 0 Å². The molecular weight excluding hydrogens is 385 g/mol.